The molecule has 1 N–H and O–H groups in total. The number of fused-ring (bicyclic) bond motifs is 2. The van der Waals surface area contributed by atoms with Crippen LogP contribution in [0.25, 0.3) is 27.7 Å². The smallest absolute Gasteiger partial charge is 0.259 e. The van der Waals surface area contributed by atoms with Crippen molar-refractivity contribution >= 4 is 40.3 Å². The number of nitrogens with one attached hydrogen (secondary N) is 1. The Morgan fingerprint density at radius 3 is 2.84 bits per heavy atom. The molecule has 0 bridgehead atoms. The van der Waals surface area contributed by atoms with Crippen LogP contribution in [0.1, 0.15) is 10.4 Å². The molecule has 10 heteroatoms. The van der Waals surface area contributed by atoms with Gasteiger partial charge in [0.15, 0.2) is 0 Å². The van der Waals surface area contributed by atoms with Gasteiger partial charge in [0.05, 0.1) is 35.8 Å². The van der Waals surface area contributed by atoms with E-state index in [9.17, 15) is 4.79 Å². The summed E-state index contributed by atoms with van der Waals surface area (Å²) in [7, 11) is 3.12. The molecule has 0 aromatic carbocycles. The normalized spacial score (nSPS) is 11.3. The predicted molar refractivity (Wildman–Crippen MR) is 121 cm³/mol. The van der Waals surface area contributed by atoms with Gasteiger partial charge < -0.3 is 4.98 Å². The Kier molecular flexibility index (Phi) is 5.31. The fourth-order valence-electron chi connectivity index (χ4n) is 3.41. The van der Waals surface area contributed by atoms with Gasteiger partial charge in [0, 0.05) is 53.9 Å². The SMILES string of the molecule is COOSc1ccc(N(C)C(=O)c2ccn3ncc(-c4cnc5[nH]ccc5c4)c3c2)nc1. The Bertz CT molecular complexity index is 1410. The first-order valence-electron chi connectivity index (χ1n) is 9.66. The molecule has 0 aliphatic heterocycles. The van der Waals surface area contributed by atoms with Crippen molar-refractivity contribution < 1.29 is 14.0 Å². The van der Waals surface area contributed by atoms with Crippen molar-refractivity contribution in [2.75, 3.05) is 19.1 Å². The van der Waals surface area contributed by atoms with Crippen LogP contribution in [-0.2, 0) is 9.22 Å². The molecule has 0 atom stereocenters. The highest BCUT2D eigenvalue weighted by Gasteiger charge is 2.17. The first-order chi connectivity index (χ1) is 15.6. The lowest BCUT2D eigenvalue weighted by atomic mass is 10.1. The van der Waals surface area contributed by atoms with Crippen LogP contribution in [0.4, 0.5) is 5.82 Å². The second-order valence-electron chi connectivity index (χ2n) is 6.98. The third kappa shape index (κ3) is 3.71. The molecule has 0 unspecified atom stereocenters. The van der Waals surface area contributed by atoms with Crippen LogP contribution in [0.15, 0.2) is 72.3 Å². The van der Waals surface area contributed by atoms with Crippen LogP contribution < -0.4 is 4.90 Å². The van der Waals surface area contributed by atoms with E-state index in [1.807, 2.05) is 24.4 Å². The molecular weight excluding hydrogens is 428 g/mol. The largest absolute Gasteiger partial charge is 0.346 e. The van der Waals surface area contributed by atoms with E-state index in [0.29, 0.717) is 11.4 Å². The number of H-pyrrole nitrogens is 1. The summed E-state index contributed by atoms with van der Waals surface area (Å²) in [5.74, 6) is 0.340. The number of hydrogen-bond donors (Lipinski definition) is 1. The van der Waals surface area contributed by atoms with Crippen molar-refractivity contribution in [3.05, 3.63) is 72.9 Å². The molecule has 0 saturated heterocycles. The number of carbonyl (C=O) groups is 1. The highest BCUT2D eigenvalue weighted by molar-refractivity contribution is 7.94. The van der Waals surface area contributed by atoms with Gasteiger partial charge in [-0.1, -0.05) is 0 Å². The van der Waals surface area contributed by atoms with Crippen molar-refractivity contribution in [1.29, 1.82) is 0 Å². The number of carbonyl (C=O) groups excluding carboxylic acids is 1. The van der Waals surface area contributed by atoms with E-state index < -0.39 is 0 Å². The molecule has 5 heterocycles. The minimum atomic E-state index is -0.181. The van der Waals surface area contributed by atoms with Crippen molar-refractivity contribution in [1.82, 2.24) is 24.6 Å². The average Bonchev–Trinajstić information content (AvgIpc) is 3.48. The van der Waals surface area contributed by atoms with E-state index in [1.165, 1.54) is 12.0 Å². The maximum absolute atomic E-state index is 13.1. The molecule has 0 spiro atoms. The fourth-order valence-corrected chi connectivity index (χ4v) is 3.78. The summed E-state index contributed by atoms with van der Waals surface area (Å²) in [5.41, 5.74) is 4.00. The zero-order valence-corrected chi connectivity index (χ0v) is 18.0. The first kappa shape index (κ1) is 20.2. The van der Waals surface area contributed by atoms with E-state index in [1.54, 1.807) is 54.5 Å². The van der Waals surface area contributed by atoms with Gasteiger partial charge in [-0.15, -0.1) is 0 Å². The molecular formula is C22H18N6O3S. The molecule has 5 aromatic heterocycles. The van der Waals surface area contributed by atoms with Crippen molar-refractivity contribution in [2.45, 2.75) is 4.90 Å². The standard InChI is InChI=1S/C22H18N6O3S/c1-27(20-4-3-17(12-24-20)32-31-30-2)22(29)15-6-8-28-19(10-15)18(13-26-28)16-9-14-5-7-23-21(14)25-11-16/h3-13H,1-2H3,(H,23,25). The van der Waals surface area contributed by atoms with E-state index in [2.05, 4.69) is 24.9 Å². The number of anilines is 1. The molecule has 0 aliphatic rings. The fraction of sp³-hybridized carbons (Fsp3) is 0.0909. The molecule has 0 fully saturated rings. The molecule has 1 amide bonds. The summed E-state index contributed by atoms with van der Waals surface area (Å²) in [6.07, 6.45) is 8.83. The van der Waals surface area contributed by atoms with Gasteiger partial charge in [-0.3, -0.25) is 9.69 Å². The summed E-state index contributed by atoms with van der Waals surface area (Å²) in [5, 5.41) is 5.43. The lowest BCUT2D eigenvalue weighted by Gasteiger charge is -2.16. The van der Waals surface area contributed by atoms with E-state index in [4.69, 9.17) is 4.33 Å². The molecule has 160 valence electrons. The summed E-state index contributed by atoms with van der Waals surface area (Å²) in [4.78, 5) is 31.9. The Morgan fingerprint density at radius 2 is 2.03 bits per heavy atom. The number of aromatic nitrogens is 5. The second-order valence-corrected chi connectivity index (χ2v) is 7.75. The number of hydrogen-bond acceptors (Lipinski definition) is 7. The molecule has 0 aliphatic carbocycles. The number of pyridine rings is 3. The Morgan fingerprint density at radius 1 is 1.12 bits per heavy atom. The Balaban J connectivity index is 1.45. The highest BCUT2D eigenvalue weighted by atomic mass is 32.2. The summed E-state index contributed by atoms with van der Waals surface area (Å²) >= 11 is 1.04. The van der Waals surface area contributed by atoms with Crippen LogP contribution in [0, 0.1) is 0 Å². The molecule has 0 radical (unpaired) electrons. The first-order valence-corrected chi connectivity index (χ1v) is 10.4. The predicted octanol–water partition coefficient (Wildman–Crippen LogP) is 4.13. The van der Waals surface area contributed by atoms with Gasteiger partial charge >= 0.3 is 0 Å². The van der Waals surface area contributed by atoms with Crippen molar-refractivity contribution in [3.63, 3.8) is 0 Å². The van der Waals surface area contributed by atoms with Crippen molar-refractivity contribution in [2.24, 2.45) is 0 Å². The van der Waals surface area contributed by atoms with Crippen LogP contribution in [0.3, 0.4) is 0 Å². The zero-order chi connectivity index (χ0) is 22.1. The molecule has 0 saturated carbocycles. The number of rotatable bonds is 6. The van der Waals surface area contributed by atoms with Crippen LogP contribution in [0.2, 0.25) is 0 Å². The maximum atomic E-state index is 13.1. The van der Waals surface area contributed by atoms with Gasteiger partial charge in [-0.05, 0) is 36.4 Å². The third-order valence-corrected chi connectivity index (χ3v) is 5.68. The zero-order valence-electron chi connectivity index (χ0n) is 17.2. The van der Waals surface area contributed by atoms with Gasteiger partial charge in [-0.2, -0.15) is 9.43 Å². The lowest BCUT2D eigenvalue weighted by Crippen LogP contribution is -2.27. The van der Waals surface area contributed by atoms with Gasteiger partial charge in [0.2, 0.25) is 0 Å². The van der Waals surface area contributed by atoms with Gasteiger partial charge in [-0.25, -0.2) is 19.4 Å². The van der Waals surface area contributed by atoms with Gasteiger partial charge in [0.25, 0.3) is 5.91 Å². The van der Waals surface area contributed by atoms with Crippen LogP contribution >= 0.6 is 12.0 Å². The number of aromatic amines is 1. The van der Waals surface area contributed by atoms with E-state index >= 15 is 0 Å². The van der Waals surface area contributed by atoms with E-state index in [-0.39, 0.29) is 5.91 Å². The summed E-state index contributed by atoms with van der Waals surface area (Å²) in [6, 6.07) is 11.1. The molecule has 5 rings (SSSR count). The molecule has 32 heavy (non-hydrogen) atoms. The van der Waals surface area contributed by atoms with Gasteiger partial charge in [0.1, 0.15) is 11.5 Å². The maximum Gasteiger partial charge on any atom is 0.259 e. The van der Waals surface area contributed by atoms with Crippen LogP contribution in [-0.4, -0.2) is 44.6 Å². The lowest BCUT2D eigenvalue weighted by molar-refractivity contribution is -0.160. The highest BCUT2D eigenvalue weighted by Crippen LogP contribution is 2.27. The van der Waals surface area contributed by atoms with Crippen LogP contribution in [0.5, 0.6) is 0 Å². The minimum Gasteiger partial charge on any atom is -0.346 e. The summed E-state index contributed by atoms with van der Waals surface area (Å²) < 4.78 is 6.56. The number of amides is 1. The topological polar surface area (TPSA) is 97.6 Å². The van der Waals surface area contributed by atoms with Crippen molar-refractivity contribution in [3.8, 4) is 11.1 Å². The Hall–Kier alpha value is -3.73. The number of nitrogens with zero attached hydrogens (tertiary/aromatic N) is 5. The molecule has 5 aromatic rings. The summed E-state index contributed by atoms with van der Waals surface area (Å²) in [6.45, 7) is 0. The minimum absolute atomic E-state index is 0.181. The third-order valence-electron chi connectivity index (χ3n) is 5.05. The average molecular weight is 446 g/mol. The molecule has 9 nitrogen and oxygen atoms in total. The van der Waals surface area contributed by atoms with E-state index in [0.717, 1.165) is 44.6 Å². The Labute approximate surface area is 187 Å². The second kappa shape index (κ2) is 8.42. The quantitative estimate of drug-likeness (QED) is 0.238. The monoisotopic (exact) mass is 446 g/mol.